The summed E-state index contributed by atoms with van der Waals surface area (Å²) in [6, 6.07) is 18.5. The predicted octanol–water partition coefficient (Wildman–Crippen LogP) is 4.69. The van der Waals surface area contributed by atoms with Crippen molar-refractivity contribution in [2.24, 2.45) is 0 Å². The number of carbonyl (C=O) groups is 1. The molecule has 2 aromatic carbocycles. The van der Waals surface area contributed by atoms with Crippen LogP contribution in [-0.4, -0.2) is 20.7 Å². The van der Waals surface area contributed by atoms with Crippen LogP contribution < -0.4 is 5.32 Å². The number of hydrogen-bond donors (Lipinski definition) is 1. The van der Waals surface area contributed by atoms with E-state index in [4.69, 9.17) is 0 Å². The van der Waals surface area contributed by atoms with Crippen LogP contribution in [0.4, 0.5) is 0 Å². The molecule has 2 heterocycles. The molecule has 0 aliphatic carbocycles. The number of carbonyl (C=O) groups excluding carboxylic acids is 1. The van der Waals surface area contributed by atoms with Gasteiger partial charge in [-0.15, -0.1) is 11.3 Å². The third kappa shape index (κ3) is 5.10. The average molecular weight is 415 g/mol. The molecule has 0 aliphatic rings. The van der Waals surface area contributed by atoms with E-state index in [0.29, 0.717) is 6.54 Å². The molecule has 0 saturated carbocycles. The van der Waals surface area contributed by atoms with Crippen molar-refractivity contribution in [1.29, 1.82) is 0 Å². The zero-order valence-electron chi connectivity index (χ0n) is 16.7. The predicted molar refractivity (Wildman–Crippen MR) is 121 cm³/mol. The van der Waals surface area contributed by atoms with E-state index in [2.05, 4.69) is 45.7 Å². The monoisotopic (exact) mass is 414 g/mol. The minimum atomic E-state index is -0.134. The van der Waals surface area contributed by atoms with Crippen molar-refractivity contribution < 1.29 is 4.79 Å². The van der Waals surface area contributed by atoms with E-state index in [1.165, 1.54) is 11.6 Å². The molecule has 5 nitrogen and oxygen atoms in total. The molecule has 0 saturated heterocycles. The molecular formula is C24H22N4OS. The average Bonchev–Trinajstić information content (AvgIpc) is 3.43. The minimum Gasteiger partial charge on any atom is -0.348 e. The lowest BCUT2D eigenvalue weighted by atomic mass is 9.98. The molecule has 0 aliphatic heterocycles. The Morgan fingerprint density at radius 2 is 1.97 bits per heavy atom. The van der Waals surface area contributed by atoms with E-state index in [0.717, 1.165) is 33.9 Å². The van der Waals surface area contributed by atoms with Gasteiger partial charge in [0.2, 0.25) is 5.91 Å². The molecule has 0 spiro atoms. The van der Waals surface area contributed by atoms with Crippen molar-refractivity contribution in [3.05, 3.63) is 100 Å². The first-order valence-corrected chi connectivity index (χ1v) is 10.6. The first kappa shape index (κ1) is 19.8. The first-order chi connectivity index (χ1) is 14.7. The highest BCUT2D eigenvalue weighted by atomic mass is 32.1. The van der Waals surface area contributed by atoms with Crippen LogP contribution in [0.2, 0.25) is 0 Å². The molecule has 0 bridgehead atoms. The van der Waals surface area contributed by atoms with Gasteiger partial charge < -0.3 is 5.32 Å². The van der Waals surface area contributed by atoms with Crippen LogP contribution in [0.1, 0.15) is 21.8 Å². The minimum absolute atomic E-state index is 0.134. The quantitative estimate of drug-likeness (QED) is 0.446. The normalized spacial score (nSPS) is 11.1. The Morgan fingerprint density at radius 1 is 1.13 bits per heavy atom. The van der Waals surface area contributed by atoms with Gasteiger partial charge in [0.05, 0.1) is 17.2 Å². The smallest absolute Gasteiger partial charge is 0.244 e. The van der Waals surface area contributed by atoms with Gasteiger partial charge in [0.25, 0.3) is 0 Å². The van der Waals surface area contributed by atoms with Crippen molar-refractivity contribution in [3.8, 4) is 11.1 Å². The summed E-state index contributed by atoms with van der Waals surface area (Å²) >= 11 is 1.57. The molecule has 0 unspecified atom stereocenters. The fourth-order valence-corrected chi connectivity index (χ4v) is 3.77. The lowest BCUT2D eigenvalue weighted by Gasteiger charge is -2.11. The molecule has 0 fully saturated rings. The molecule has 1 N–H and O–H groups in total. The number of thiazole rings is 1. The summed E-state index contributed by atoms with van der Waals surface area (Å²) in [4.78, 5) is 16.5. The lowest BCUT2D eigenvalue weighted by molar-refractivity contribution is -0.116. The maximum atomic E-state index is 12.2. The second-order valence-electron chi connectivity index (χ2n) is 6.90. The summed E-state index contributed by atoms with van der Waals surface area (Å²) in [5.41, 5.74) is 5.31. The molecule has 6 heteroatoms. The van der Waals surface area contributed by atoms with Crippen LogP contribution in [0, 0.1) is 6.92 Å². The molecule has 4 rings (SSSR count). The first-order valence-electron chi connectivity index (χ1n) is 9.70. The van der Waals surface area contributed by atoms with Crippen LogP contribution >= 0.6 is 11.3 Å². The highest BCUT2D eigenvalue weighted by Crippen LogP contribution is 2.24. The molecule has 30 heavy (non-hydrogen) atoms. The molecule has 0 atom stereocenters. The van der Waals surface area contributed by atoms with E-state index >= 15 is 0 Å². The molecule has 150 valence electrons. The Morgan fingerprint density at radius 3 is 2.70 bits per heavy atom. The number of nitrogens with one attached hydrogen (secondary N) is 1. The van der Waals surface area contributed by atoms with Gasteiger partial charge in [-0.2, -0.15) is 5.10 Å². The molecule has 1 amide bonds. The zero-order valence-corrected chi connectivity index (χ0v) is 17.5. The SMILES string of the molecule is Cc1nc(/C=C/C(=O)NCc2ccccc2-c2ccc(Cn3cccn3)cc2)cs1. The van der Waals surface area contributed by atoms with Gasteiger partial charge in [0, 0.05) is 30.4 Å². The van der Waals surface area contributed by atoms with Crippen molar-refractivity contribution >= 4 is 23.3 Å². The van der Waals surface area contributed by atoms with Gasteiger partial charge in [-0.25, -0.2) is 4.98 Å². The Balaban J connectivity index is 1.42. The Kier molecular flexibility index (Phi) is 6.15. The zero-order chi connectivity index (χ0) is 20.8. The van der Waals surface area contributed by atoms with E-state index in [1.54, 1.807) is 23.6 Å². The van der Waals surface area contributed by atoms with Crippen molar-refractivity contribution in [1.82, 2.24) is 20.1 Å². The highest BCUT2D eigenvalue weighted by Gasteiger charge is 2.06. The third-order valence-electron chi connectivity index (χ3n) is 4.68. The highest BCUT2D eigenvalue weighted by molar-refractivity contribution is 7.09. The van der Waals surface area contributed by atoms with Crippen LogP contribution in [0.3, 0.4) is 0 Å². The number of nitrogens with zero attached hydrogens (tertiary/aromatic N) is 3. The summed E-state index contributed by atoms with van der Waals surface area (Å²) in [5.74, 6) is -0.134. The molecule has 2 aromatic heterocycles. The lowest BCUT2D eigenvalue weighted by Crippen LogP contribution is -2.20. The number of rotatable bonds is 7. The fraction of sp³-hybridized carbons (Fsp3) is 0.125. The molecule has 4 aromatic rings. The van der Waals surface area contributed by atoms with Crippen molar-refractivity contribution in [2.45, 2.75) is 20.0 Å². The van der Waals surface area contributed by atoms with Gasteiger partial charge in [-0.3, -0.25) is 9.48 Å². The van der Waals surface area contributed by atoms with E-state index in [-0.39, 0.29) is 5.91 Å². The Labute approximate surface area is 179 Å². The second kappa shape index (κ2) is 9.33. The summed E-state index contributed by atoms with van der Waals surface area (Å²) in [5, 5.41) is 10.1. The largest absolute Gasteiger partial charge is 0.348 e. The molecule has 0 radical (unpaired) electrons. The van der Waals surface area contributed by atoms with Gasteiger partial charge in [-0.05, 0) is 41.3 Å². The summed E-state index contributed by atoms with van der Waals surface area (Å²) in [6.45, 7) is 3.16. The van der Waals surface area contributed by atoms with Crippen LogP contribution in [0.5, 0.6) is 0 Å². The Bertz CT molecular complexity index is 1140. The van der Waals surface area contributed by atoms with Gasteiger partial charge in [0.1, 0.15) is 0 Å². The standard InChI is InChI=1S/C24H22N4OS/c1-18-27-22(17-30-18)11-12-24(29)25-15-21-5-2-3-6-23(21)20-9-7-19(8-10-20)16-28-14-4-13-26-28/h2-14,17H,15-16H2,1H3,(H,25,29)/b12-11+. The molecular weight excluding hydrogens is 392 g/mol. The summed E-state index contributed by atoms with van der Waals surface area (Å²) < 4.78 is 1.90. The van der Waals surface area contributed by atoms with E-state index in [1.807, 2.05) is 47.4 Å². The van der Waals surface area contributed by atoms with Crippen molar-refractivity contribution in [3.63, 3.8) is 0 Å². The fourth-order valence-electron chi connectivity index (χ4n) is 3.19. The van der Waals surface area contributed by atoms with Crippen molar-refractivity contribution in [2.75, 3.05) is 0 Å². The second-order valence-corrected chi connectivity index (χ2v) is 7.96. The van der Waals surface area contributed by atoms with Crippen LogP contribution in [-0.2, 0) is 17.9 Å². The van der Waals surface area contributed by atoms with Gasteiger partial charge in [-0.1, -0.05) is 48.5 Å². The van der Waals surface area contributed by atoms with E-state index < -0.39 is 0 Å². The van der Waals surface area contributed by atoms with Gasteiger partial charge in [0.15, 0.2) is 0 Å². The Hall–Kier alpha value is -3.51. The summed E-state index contributed by atoms with van der Waals surface area (Å²) in [6.07, 6.45) is 7.01. The van der Waals surface area contributed by atoms with Gasteiger partial charge >= 0.3 is 0 Å². The number of hydrogen-bond acceptors (Lipinski definition) is 4. The summed E-state index contributed by atoms with van der Waals surface area (Å²) in [7, 11) is 0. The topological polar surface area (TPSA) is 59.8 Å². The maximum Gasteiger partial charge on any atom is 0.244 e. The number of amides is 1. The number of aromatic nitrogens is 3. The van der Waals surface area contributed by atoms with Crippen LogP contribution in [0.25, 0.3) is 17.2 Å². The maximum absolute atomic E-state index is 12.2. The number of aryl methyl sites for hydroxylation is 1. The third-order valence-corrected chi connectivity index (χ3v) is 5.47. The number of benzene rings is 2. The van der Waals surface area contributed by atoms with Crippen LogP contribution in [0.15, 0.2) is 78.4 Å². The van der Waals surface area contributed by atoms with E-state index in [9.17, 15) is 4.79 Å².